The van der Waals surface area contributed by atoms with Gasteiger partial charge in [-0.3, -0.25) is 9.59 Å². The lowest BCUT2D eigenvalue weighted by Crippen LogP contribution is -2.25. The van der Waals surface area contributed by atoms with Crippen LogP contribution in [0.1, 0.15) is 11.1 Å². The summed E-state index contributed by atoms with van der Waals surface area (Å²) >= 11 is 9.65. The van der Waals surface area contributed by atoms with E-state index in [1.807, 2.05) is 55.5 Å². The van der Waals surface area contributed by atoms with E-state index in [-0.39, 0.29) is 17.6 Å². The van der Waals surface area contributed by atoms with E-state index < -0.39 is 5.91 Å². The summed E-state index contributed by atoms with van der Waals surface area (Å²) in [7, 11) is 0. The second-order valence-electron chi connectivity index (χ2n) is 8.30. The molecule has 1 amide bonds. The molecule has 2 heterocycles. The number of halogens is 2. The van der Waals surface area contributed by atoms with Crippen LogP contribution in [0.5, 0.6) is 5.75 Å². The minimum absolute atomic E-state index is 0.169. The fraction of sp³-hybridized carbons (Fsp3) is 0.0714. The Labute approximate surface area is 230 Å². The monoisotopic (exact) mass is 590 g/mol. The summed E-state index contributed by atoms with van der Waals surface area (Å²) in [6.45, 7) is 1.52. The zero-order chi connectivity index (χ0) is 26.6. The highest BCUT2D eigenvalue weighted by Gasteiger charge is 2.15. The maximum Gasteiger partial charge on any atom is 0.277 e. The van der Waals surface area contributed by atoms with E-state index in [9.17, 15) is 9.59 Å². The number of para-hydroxylation sites is 1. The maximum absolute atomic E-state index is 12.7. The number of amides is 1. The Morgan fingerprint density at radius 1 is 1.18 bits per heavy atom. The van der Waals surface area contributed by atoms with Gasteiger partial charge < -0.3 is 9.15 Å². The highest BCUT2D eigenvalue weighted by Crippen LogP contribution is 2.34. The largest absolute Gasteiger partial charge is 0.483 e. The average molecular weight is 592 g/mol. The van der Waals surface area contributed by atoms with Crippen molar-refractivity contribution in [2.24, 2.45) is 5.10 Å². The molecule has 0 aliphatic heterocycles. The Kier molecular flexibility index (Phi) is 7.39. The molecular weight excluding hydrogens is 572 g/mol. The SMILES string of the molecule is Cc1cc2occ(/C=N/NC(=O)COc3ccc(Br)cc3-c3ccnn3-c3ccccc3)c(=O)c2cc1Cl. The standard InChI is InChI=1S/C28H20BrClN4O4/c1-17-11-26-22(13-23(17)30)28(36)18(15-37-26)14-31-33-27(35)16-38-25-8-7-19(29)12-21(25)24-9-10-32-34(24)20-5-3-2-4-6-20/h2-15H,16H2,1H3,(H,33,35)/b31-14+. The van der Waals surface area contributed by atoms with E-state index in [4.69, 9.17) is 20.8 Å². The number of rotatable bonds is 7. The van der Waals surface area contributed by atoms with Gasteiger partial charge in [0.05, 0.1) is 34.7 Å². The predicted molar refractivity (Wildman–Crippen MR) is 150 cm³/mol. The van der Waals surface area contributed by atoms with Crippen LogP contribution in [0.3, 0.4) is 0 Å². The fourth-order valence-electron chi connectivity index (χ4n) is 3.81. The highest BCUT2D eigenvalue weighted by atomic mass is 79.9. The summed E-state index contributed by atoms with van der Waals surface area (Å²) in [4.78, 5) is 25.2. The average Bonchev–Trinajstić information content (AvgIpc) is 3.41. The van der Waals surface area contributed by atoms with Gasteiger partial charge in [-0.25, -0.2) is 10.1 Å². The fourth-order valence-corrected chi connectivity index (χ4v) is 4.34. The first kappa shape index (κ1) is 25.4. The number of hydrogen-bond donors (Lipinski definition) is 1. The Balaban J connectivity index is 1.29. The second-order valence-corrected chi connectivity index (χ2v) is 9.63. The molecule has 0 aliphatic rings. The van der Waals surface area contributed by atoms with Crippen molar-refractivity contribution in [2.45, 2.75) is 6.92 Å². The van der Waals surface area contributed by atoms with Gasteiger partial charge in [0.2, 0.25) is 5.43 Å². The van der Waals surface area contributed by atoms with Crippen LogP contribution in [0, 0.1) is 6.92 Å². The van der Waals surface area contributed by atoms with Crippen LogP contribution >= 0.6 is 27.5 Å². The van der Waals surface area contributed by atoms with E-state index in [0.717, 1.165) is 27.0 Å². The van der Waals surface area contributed by atoms with Crippen molar-refractivity contribution >= 4 is 50.6 Å². The van der Waals surface area contributed by atoms with Crippen LogP contribution < -0.4 is 15.6 Å². The third kappa shape index (κ3) is 5.39. The number of fused-ring (bicyclic) bond motifs is 1. The molecule has 10 heteroatoms. The van der Waals surface area contributed by atoms with E-state index in [1.165, 1.54) is 12.5 Å². The molecule has 0 spiro atoms. The Morgan fingerprint density at radius 3 is 2.82 bits per heavy atom. The minimum Gasteiger partial charge on any atom is -0.483 e. The van der Waals surface area contributed by atoms with Crippen molar-refractivity contribution in [1.29, 1.82) is 0 Å². The van der Waals surface area contributed by atoms with E-state index >= 15 is 0 Å². The molecule has 38 heavy (non-hydrogen) atoms. The molecule has 3 aromatic carbocycles. The van der Waals surface area contributed by atoms with Gasteiger partial charge in [-0.05, 0) is 61.0 Å². The van der Waals surface area contributed by atoms with Crippen LogP contribution in [-0.4, -0.2) is 28.5 Å². The zero-order valence-corrected chi connectivity index (χ0v) is 22.4. The van der Waals surface area contributed by atoms with Crippen LogP contribution in [0.25, 0.3) is 27.9 Å². The summed E-state index contributed by atoms with van der Waals surface area (Å²) in [6, 6.07) is 20.3. The number of aromatic nitrogens is 2. The van der Waals surface area contributed by atoms with Gasteiger partial charge in [0.15, 0.2) is 6.61 Å². The predicted octanol–water partition coefficient (Wildman–Crippen LogP) is 5.90. The van der Waals surface area contributed by atoms with Crippen molar-refractivity contribution in [2.75, 3.05) is 6.61 Å². The Bertz CT molecular complexity index is 1730. The third-order valence-electron chi connectivity index (χ3n) is 5.69. The molecule has 0 atom stereocenters. The highest BCUT2D eigenvalue weighted by molar-refractivity contribution is 9.10. The molecule has 0 unspecified atom stereocenters. The van der Waals surface area contributed by atoms with Crippen LogP contribution in [0.2, 0.25) is 5.02 Å². The molecule has 0 radical (unpaired) electrons. The van der Waals surface area contributed by atoms with E-state index in [1.54, 1.807) is 29.1 Å². The van der Waals surface area contributed by atoms with Gasteiger partial charge in [0.1, 0.15) is 17.6 Å². The number of ether oxygens (including phenoxy) is 1. The molecule has 0 aliphatic carbocycles. The number of nitrogens with zero attached hydrogens (tertiary/aromatic N) is 3. The van der Waals surface area contributed by atoms with Crippen molar-refractivity contribution in [3.63, 3.8) is 0 Å². The molecule has 0 bridgehead atoms. The molecule has 2 aromatic heterocycles. The summed E-state index contributed by atoms with van der Waals surface area (Å²) in [6.07, 6.45) is 4.21. The van der Waals surface area contributed by atoms with Crippen molar-refractivity contribution in [3.8, 4) is 22.7 Å². The summed E-state index contributed by atoms with van der Waals surface area (Å²) in [5, 5.41) is 9.11. The smallest absolute Gasteiger partial charge is 0.277 e. The van der Waals surface area contributed by atoms with E-state index in [0.29, 0.717) is 21.7 Å². The van der Waals surface area contributed by atoms with Crippen molar-refractivity contribution in [3.05, 3.63) is 110 Å². The van der Waals surface area contributed by atoms with Gasteiger partial charge >= 0.3 is 0 Å². The van der Waals surface area contributed by atoms with Gasteiger partial charge in [-0.15, -0.1) is 0 Å². The molecule has 5 rings (SSSR count). The molecule has 0 saturated heterocycles. The lowest BCUT2D eigenvalue weighted by Gasteiger charge is -2.13. The summed E-state index contributed by atoms with van der Waals surface area (Å²) < 4.78 is 14.0. The second kappa shape index (κ2) is 11.0. The normalized spacial score (nSPS) is 11.2. The zero-order valence-electron chi connectivity index (χ0n) is 20.0. The minimum atomic E-state index is -0.504. The van der Waals surface area contributed by atoms with Crippen LogP contribution in [-0.2, 0) is 4.79 Å². The number of benzene rings is 3. The Morgan fingerprint density at radius 2 is 2.00 bits per heavy atom. The van der Waals surface area contributed by atoms with Gasteiger partial charge in [0, 0.05) is 15.1 Å². The summed E-state index contributed by atoms with van der Waals surface area (Å²) in [5.41, 5.74) is 5.89. The molecule has 0 fully saturated rings. The quantitative estimate of drug-likeness (QED) is 0.188. The molecular formula is C28H20BrClN4O4. The molecule has 5 aromatic rings. The maximum atomic E-state index is 12.7. The number of nitrogens with one attached hydrogen (secondary N) is 1. The Hall–Kier alpha value is -4.21. The first-order chi connectivity index (χ1) is 18.4. The van der Waals surface area contributed by atoms with Crippen molar-refractivity contribution in [1.82, 2.24) is 15.2 Å². The topological polar surface area (TPSA) is 98.7 Å². The number of hydrazone groups is 1. The molecule has 0 saturated carbocycles. The van der Waals surface area contributed by atoms with Gasteiger partial charge in [0.25, 0.3) is 5.91 Å². The van der Waals surface area contributed by atoms with Crippen molar-refractivity contribution < 1.29 is 13.9 Å². The summed E-state index contributed by atoms with van der Waals surface area (Å²) in [5.74, 6) is -0.0112. The molecule has 190 valence electrons. The number of carbonyl (C=O) groups is 1. The lowest BCUT2D eigenvalue weighted by atomic mass is 10.1. The number of carbonyl (C=O) groups excluding carboxylic acids is 1. The molecule has 8 nitrogen and oxygen atoms in total. The van der Waals surface area contributed by atoms with Crippen LogP contribution in [0.4, 0.5) is 0 Å². The third-order valence-corrected chi connectivity index (χ3v) is 6.59. The number of aryl methyl sites for hydroxylation is 1. The van der Waals surface area contributed by atoms with Crippen LogP contribution in [0.15, 0.2) is 98.0 Å². The lowest BCUT2D eigenvalue weighted by molar-refractivity contribution is -0.123. The first-order valence-electron chi connectivity index (χ1n) is 11.5. The van der Waals surface area contributed by atoms with Gasteiger partial charge in [-0.1, -0.05) is 45.7 Å². The van der Waals surface area contributed by atoms with E-state index in [2.05, 4.69) is 31.6 Å². The first-order valence-corrected chi connectivity index (χ1v) is 12.6. The number of hydrogen-bond acceptors (Lipinski definition) is 6. The molecule has 1 N–H and O–H groups in total. The van der Waals surface area contributed by atoms with Gasteiger partial charge in [-0.2, -0.15) is 10.2 Å².